The second-order valence-electron chi connectivity index (χ2n) is 6.09. The summed E-state index contributed by atoms with van der Waals surface area (Å²) < 4.78 is 21.6. The smallest absolute Gasteiger partial charge is 0.306 e. The summed E-state index contributed by atoms with van der Waals surface area (Å²) in [7, 11) is 3.11. The molecule has 0 spiro atoms. The van der Waals surface area contributed by atoms with E-state index in [0.29, 0.717) is 12.8 Å². The van der Waals surface area contributed by atoms with Gasteiger partial charge in [0.05, 0.1) is 13.0 Å². The van der Waals surface area contributed by atoms with Gasteiger partial charge in [-0.05, 0) is 36.1 Å². The molecule has 7 heteroatoms. The predicted octanol–water partition coefficient (Wildman–Crippen LogP) is 2.50. The molecule has 0 saturated carbocycles. The summed E-state index contributed by atoms with van der Waals surface area (Å²) in [5, 5.41) is 18.8. The minimum atomic E-state index is -0.531. The molecule has 0 aromatic heterocycles. The van der Waals surface area contributed by atoms with Gasteiger partial charge in [-0.2, -0.15) is 0 Å². The van der Waals surface area contributed by atoms with E-state index < -0.39 is 12.6 Å². The van der Waals surface area contributed by atoms with Crippen LogP contribution >= 0.6 is 0 Å². The number of methoxy groups -OCH3 is 2. The molecule has 0 amide bonds. The maximum absolute atomic E-state index is 12.2. The van der Waals surface area contributed by atoms with Crippen molar-refractivity contribution < 1.29 is 34.0 Å². The van der Waals surface area contributed by atoms with Gasteiger partial charge >= 0.3 is 5.97 Å². The fourth-order valence-electron chi connectivity index (χ4n) is 3.02. The van der Waals surface area contributed by atoms with Crippen molar-refractivity contribution in [2.24, 2.45) is 5.92 Å². The third-order valence-corrected chi connectivity index (χ3v) is 4.41. The van der Waals surface area contributed by atoms with Crippen LogP contribution in [0.15, 0.2) is 29.8 Å². The lowest BCUT2D eigenvalue weighted by Gasteiger charge is -2.35. The molecule has 1 aliphatic rings. The van der Waals surface area contributed by atoms with Crippen LogP contribution in [0.25, 0.3) is 0 Å². The average molecular weight is 366 g/mol. The molecule has 0 bridgehead atoms. The van der Waals surface area contributed by atoms with Gasteiger partial charge in [-0.1, -0.05) is 12.1 Å². The minimum absolute atomic E-state index is 0.0751. The van der Waals surface area contributed by atoms with Gasteiger partial charge in [-0.25, -0.2) is 0 Å². The molecule has 144 valence electrons. The highest BCUT2D eigenvalue weighted by atomic mass is 16.8. The molecule has 1 aliphatic heterocycles. The van der Waals surface area contributed by atoms with Crippen LogP contribution in [0.5, 0.6) is 11.5 Å². The number of rotatable bonds is 7. The summed E-state index contributed by atoms with van der Waals surface area (Å²) in [6.07, 6.45) is 2.15. The Morgan fingerprint density at radius 2 is 2.04 bits per heavy atom. The number of aromatic hydroxyl groups is 2. The lowest BCUT2D eigenvalue weighted by atomic mass is 9.89. The van der Waals surface area contributed by atoms with Crippen molar-refractivity contribution in [3.63, 3.8) is 0 Å². The number of carbonyl (C=O) groups excluding carboxylic acids is 1. The first-order valence-electron chi connectivity index (χ1n) is 8.52. The lowest BCUT2D eigenvalue weighted by molar-refractivity contribution is -0.239. The van der Waals surface area contributed by atoms with E-state index >= 15 is 0 Å². The van der Waals surface area contributed by atoms with Gasteiger partial charge in [0.25, 0.3) is 0 Å². The van der Waals surface area contributed by atoms with Crippen LogP contribution in [-0.2, 0) is 30.2 Å². The molecular weight excluding hydrogens is 340 g/mol. The van der Waals surface area contributed by atoms with Crippen molar-refractivity contribution in [1.29, 1.82) is 0 Å². The number of hydrogen-bond donors (Lipinski definition) is 2. The van der Waals surface area contributed by atoms with Gasteiger partial charge < -0.3 is 29.2 Å². The van der Waals surface area contributed by atoms with Crippen LogP contribution in [0.2, 0.25) is 0 Å². The van der Waals surface area contributed by atoms with E-state index in [2.05, 4.69) is 0 Å². The zero-order valence-electron chi connectivity index (χ0n) is 15.3. The van der Waals surface area contributed by atoms with Crippen LogP contribution in [0.3, 0.4) is 0 Å². The van der Waals surface area contributed by atoms with E-state index in [1.807, 2.05) is 13.0 Å². The van der Waals surface area contributed by atoms with Gasteiger partial charge in [0, 0.05) is 27.1 Å². The minimum Gasteiger partial charge on any atom is -0.504 e. The highest BCUT2D eigenvalue weighted by Gasteiger charge is 2.35. The van der Waals surface area contributed by atoms with Crippen molar-refractivity contribution in [1.82, 2.24) is 0 Å². The van der Waals surface area contributed by atoms with Crippen LogP contribution in [-0.4, -0.2) is 49.6 Å². The van der Waals surface area contributed by atoms with Gasteiger partial charge in [0.2, 0.25) is 0 Å². The number of phenols is 2. The molecule has 3 atom stereocenters. The van der Waals surface area contributed by atoms with Crippen molar-refractivity contribution >= 4 is 5.97 Å². The fourth-order valence-corrected chi connectivity index (χ4v) is 3.02. The number of phenolic OH excluding ortho intramolecular Hbond substituents is 2. The molecule has 7 nitrogen and oxygen atoms in total. The Morgan fingerprint density at radius 3 is 2.65 bits per heavy atom. The Balaban J connectivity index is 1.87. The van der Waals surface area contributed by atoms with Crippen molar-refractivity contribution in [3.8, 4) is 11.5 Å². The van der Waals surface area contributed by atoms with Crippen LogP contribution in [0.4, 0.5) is 0 Å². The Morgan fingerprint density at radius 1 is 1.27 bits per heavy atom. The molecule has 1 aromatic rings. The molecule has 26 heavy (non-hydrogen) atoms. The molecule has 1 aromatic carbocycles. The normalized spacial score (nSPS) is 24.6. The summed E-state index contributed by atoms with van der Waals surface area (Å²) >= 11 is 0. The fraction of sp³-hybridized carbons (Fsp3) is 0.526. The van der Waals surface area contributed by atoms with Crippen LogP contribution in [0.1, 0.15) is 25.3 Å². The van der Waals surface area contributed by atoms with E-state index in [1.54, 1.807) is 20.3 Å². The number of carbonyl (C=O) groups is 1. The van der Waals surface area contributed by atoms with Crippen molar-refractivity contribution in [2.75, 3.05) is 20.8 Å². The average Bonchev–Trinajstić information content (AvgIpc) is 2.63. The molecule has 1 heterocycles. The predicted molar refractivity (Wildman–Crippen MR) is 93.6 cm³/mol. The van der Waals surface area contributed by atoms with E-state index in [1.165, 1.54) is 12.1 Å². The van der Waals surface area contributed by atoms with Gasteiger partial charge in [0.15, 0.2) is 24.1 Å². The number of allylic oxidation sites excluding steroid dienone is 1. The number of ether oxygens (including phenoxy) is 4. The Labute approximate surface area is 153 Å². The van der Waals surface area contributed by atoms with Gasteiger partial charge in [-0.3, -0.25) is 4.79 Å². The quantitative estimate of drug-likeness (QED) is 0.435. The zero-order chi connectivity index (χ0) is 19.1. The molecular formula is C19H26O7. The van der Waals surface area contributed by atoms with E-state index in [4.69, 9.17) is 18.9 Å². The number of hydrogen-bond acceptors (Lipinski definition) is 7. The van der Waals surface area contributed by atoms with E-state index in [9.17, 15) is 15.0 Å². The van der Waals surface area contributed by atoms with Gasteiger partial charge in [-0.15, -0.1) is 0 Å². The van der Waals surface area contributed by atoms with Crippen LogP contribution < -0.4 is 0 Å². The van der Waals surface area contributed by atoms with E-state index in [-0.39, 0.29) is 36.4 Å². The zero-order valence-corrected chi connectivity index (χ0v) is 15.3. The Bertz CT molecular complexity index is 641. The third kappa shape index (κ3) is 5.20. The summed E-state index contributed by atoms with van der Waals surface area (Å²) in [6.45, 7) is 2.08. The highest BCUT2D eigenvalue weighted by molar-refractivity contribution is 5.70. The first-order valence-corrected chi connectivity index (χ1v) is 8.52. The van der Waals surface area contributed by atoms with E-state index in [0.717, 1.165) is 11.1 Å². The molecule has 0 radical (unpaired) electrons. The SMILES string of the molecule is CC=C1C(CC(=O)OCCc2ccc(O)c(O)c2)CC(OC)OC1OC. The largest absolute Gasteiger partial charge is 0.504 e. The van der Waals surface area contributed by atoms with Crippen molar-refractivity contribution in [2.45, 2.75) is 38.8 Å². The molecule has 1 saturated heterocycles. The molecule has 3 unspecified atom stereocenters. The lowest BCUT2D eigenvalue weighted by Crippen LogP contribution is -2.38. The second kappa shape index (κ2) is 9.56. The summed E-state index contributed by atoms with van der Waals surface area (Å²) in [4.78, 5) is 12.2. The Kier molecular flexibility index (Phi) is 7.44. The third-order valence-electron chi connectivity index (χ3n) is 4.41. The molecule has 1 fully saturated rings. The van der Waals surface area contributed by atoms with Gasteiger partial charge in [0.1, 0.15) is 0 Å². The Hall–Kier alpha value is -2.09. The topological polar surface area (TPSA) is 94.5 Å². The second-order valence-corrected chi connectivity index (χ2v) is 6.09. The first-order chi connectivity index (χ1) is 12.5. The summed E-state index contributed by atoms with van der Waals surface area (Å²) in [5.41, 5.74) is 1.67. The van der Waals surface area contributed by atoms with Crippen molar-refractivity contribution in [3.05, 3.63) is 35.4 Å². The number of esters is 1. The standard InChI is InChI=1S/C19H26O7/c1-4-14-13(11-18(23-2)26-19(14)24-3)10-17(22)25-8-7-12-5-6-15(20)16(21)9-12/h4-6,9,13,18-21H,7-8,10-11H2,1-3H3. The first kappa shape index (κ1) is 20.2. The molecule has 0 aliphatic carbocycles. The maximum Gasteiger partial charge on any atom is 0.306 e. The molecule has 2 rings (SSSR count). The summed E-state index contributed by atoms with van der Waals surface area (Å²) in [6, 6.07) is 4.53. The molecule has 2 N–H and O–H groups in total. The van der Waals surface area contributed by atoms with Crippen LogP contribution in [0, 0.1) is 5.92 Å². The summed E-state index contributed by atoms with van der Waals surface area (Å²) in [5.74, 6) is -0.757. The highest BCUT2D eigenvalue weighted by Crippen LogP contribution is 2.33. The maximum atomic E-state index is 12.2. The number of benzene rings is 1. The monoisotopic (exact) mass is 366 g/mol.